The molecule has 0 unspecified atom stereocenters. The summed E-state index contributed by atoms with van der Waals surface area (Å²) in [6, 6.07) is 13.0. The van der Waals surface area contributed by atoms with Gasteiger partial charge in [-0.25, -0.2) is 9.97 Å². The number of benzene rings is 1. The van der Waals surface area contributed by atoms with Gasteiger partial charge in [0.15, 0.2) is 5.82 Å². The van der Waals surface area contributed by atoms with Crippen LogP contribution in [0.4, 0.5) is 5.82 Å². The quantitative estimate of drug-likeness (QED) is 0.667. The molecular formula is C21H23N3S. The van der Waals surface area contributed by atoms with Crippen molar-refractivity contribution in [2.24, 2.45) is 17.8 Å². The standard InChI is InChI=1S/C21H23N3S/c1-13(17-12-14-8-9-15(17)11-14)22-20-16-5-2-3-6-18(16)23-21(24-20)19-7-4-10-25-19/h2-7,10,13-15,17H,8-9,11-12H2,1H3,(H,22,23,24)/t13-,14+,15+,17+/m1/s1. The molecule has 2 saturated carbocycles. The third kappa shape index (κ3) is 2.73. The number of aromatic nitrogens is 2. The fourth-order valence-corrected chi connectivity index (χ4v) is 5.59. The van der Waals surface area contributed by atoms with Crippen LogP contribution in [-0.4, -0.2) is 16.0 Å². The first-order valence-corrected chi connectivity index (χ1v) is 10.2. The second-order valence-electron chi connectivity index (χ2n) is 7.66. The van der Waals surface area contributed by atoms with E-state index in [1.165, 1.54) is 25.7 Å². The van der Waals surface area contributed by atoms with E-state index in [1.54, 1.807) is 11.3 Å². The molecule has 128 valence electrons. The molecule has 2 aliphatic carbocycles. The smallest absolute Gasteiger partial charge is 0.172 e. The number of hydrogen-bond acceptors (Lipinski definition) is 4. The molecule has 1 aromatic carbocycles. The van der Waals surface area contributed by atoms with Crippen LogP contribution in [0.25, 0.3) is 21.6 Å². The molecule has 0 radical (unpaired) electrons. The van der Waals surface area contributed by atoms with Gasteiger partial charge in [0.1, 0.15) is 5.82 Å². The molecule has 2 aliphatic rings. The second kappa shape index (κ2) is 6.10. The molecule has 2 heterocycles. The molecule has 0 saturated heterocycles. The summed E-state index contributed by atoms with van der Waals surface area (Å²) in [4.78, 5) is 10.8. The number of nitrogens with one attached hydrogen (secondary N) is 1. The van der Waals surface area contributed by atoms with Crippen molar-refractivity contribution in [2.45, 2.75) is 38.6 Å². The lowest BCUT2D eigenvalue weighted by molar-refractivity contribution is 0.304. The van der Waals surface area contributed by atoms with Crippen LogP contribution in [0.15, 0.2) is 41.8 Å². The average Bonchev–Trinajstić information content (AvgIpc) is 3.39. The van der Waals surface area contributed by atoms with Crippen LogP contribution in [0.1, 0.15) is 32.6 Å². The van der Waals surface area contributed by atoms with Crippen molar-refractivity contribution in [2.75, 3.05) is 5.32 Å². The lowest BCUT2D eigenvalue weighted by Crippen LogP contribution is -2.30. The minimum Gasteiger partial charge on any atom is -0.367 e. The number of para-hydroxylation sites is 1. The van der Waals surface area contributed by atoms with E-state index in [0.29, 0.717) is 6.04 Å². The molecule has 1 N–H and O–H groups in total. The number of thiophene rings is 1. The number of fused-ring (bicyclic) bond motifs is 3. The van der Waals surface area contributed by atoms with E-state index < -0.39 is 0 Å². The normalized spacial score (nSPS) is 26.2. The molecule has 2 bridgehead atoms. The van der Waals surface area contributed by atoms with Crippen LogP contribution in [0.2, 0.25) is 0 Å². The predicted molar refractivity (Wildman–Crippen MR) is 105 cm³/mol. The molecule has 0 aliphatic heterocycles. The summed E-state index contributed by atoms with van der Waals surface area (Å²) in [5, 5.41) is 6.97. The van der Waals surface area contributed by atoms with Crippen molar-refractivity contribution < 1.29 is 0 Å². The third-order valence-electron chi connectivity index (χ3n) is 6.14. The fourth-order valence-electron chi connectivity index (χ4n) is 4.93. The Balaban J connectivity index is 1.51. The van der Waals surface area contributed by atoms with Crippen LogP contribution < -0.4 is 5.32 Å². The average molecular weight is 350 g/mol. The van der Waals surface area contributed by atoms with E-state index >= 15 is 0 Å². The monoisotopic (exact) mass is 349 g/mol. The van der Waals surface area contributed by atoms with Gasteiger partial charge in [0.05, 0.1) is 10.4 Å². The fraction of sp³-hybridized carbons (Fsp3) is 0.429. The topological polar surface area (TPSA) is 37.8 Å². The van der Waals surface area contributed by atoms with Gasteiger partial charge >= 0.3 is 0 Å². The number of hydrogen-bond donors (Lipinski definition) is 1. The molecule has 4 atom stereocenters. The molecular weight excluding hydrogens is 326 g/mol. The third-order valence-corrected chi connectivity index (χ3v) is 7.01. The lowest BCUT2D eigenvalue weighted by Gasteiger charge is -2.29. The first kappa shape index (κ1) is 15.3. The molecule has 0 amide bonds. The van der Waals surface area contributed by atoms with Crippen molar-refractivity contribution in [1.29, 1.82) is 0 Å². The Labute approximate surface area is 152 Å². The molecule has 5 rings (SSSR count). The van der Waals surface area contributed by atoms with Crippen molar-refractivity contribution in [3.63, 3.8) is 0 Å². The highest BCUT2D eigenvalue weighted by Crippen LogP contribution is 2.50. The van der Waals surface area contributed by atoms with Gasteiger partial charge in [0.25, 0.3) is 0 Å². The van der Waals surface area contributed by atoms with Gasteiger partial charge in [0, 0.05) is 11.4 Å². The second-order valence-corrected chi connectivity index (χ2v) is 8.61. The predicted octanol–water partition coefficient (Wildman–Crippen LogP) is 5.59. The maximum absolute atomic E-state index is 4.91. The maximum atomic E-state index is 4.91. The van der Waals surface area contributed by atoms with E-state index in [4.69, 9.17) is 9.97 Å². The van der Waals surface area contributed by atoms with E-state index in [9.17, 15) is 0 Å². The van der Waals surface area contributed by atoms with Crippen LogP contribution in [0.5, 0.6) is 0 Å². The van der Waals surface area contributed by atoms with Crippen LogP contribution in [0.3, 0.4) is 0 Å². The zero-order valence-corrected chi connectivity index (χ0v) is 15.3. The Morgan fingerprint density at radius 2 is 2.00 bits per heavy atom. The summed E-state index contributed by atoms with van der Waals surface area (Å²) in [5.74, 6) is 4.50. The van der Waals surface area contributed by atoms with E-state index in [2.05, 4.69) is 54.0 Å². The summed E-state index contributed by atoms with van der Waals surface area (Å²) in [6.07, 6.45) is 5.71. The molecule has 2 aromatic heterocycles. The Hall–Kier alpha value is -1.94. The highest BCUT2D eigenvalue weighted by molar-refractivity contribution is 7.13. The summed E-state index contributed by atoms with van der Waals surface area (Å²) >= 11 is 1.69. The van der Waals surface area contributed by atoms with E-state index in [0.717, 1.165) is 45.2 Å². The van der Waals surface area contributed by atoms with Gasteiger partial charge in [-0.05, 0) is 67.5 Å². The van der Waals surface area contributed by atoms with Crippen molar-refractivity contribution in [3.05, 3.63) is 41.8 Å². The van der Waals surface area contributed by atoms with E-state index in [1.807, 2.05) is 0 Å². The van der Waals surface area contributed by atoms with Gasteiger partial charge in [-0.15, -0.1) is 11.3 Å². The number of anilines is 1. The highest BCUT2D eigenvalue weighted by atomic mass is 32.1. The molecule has 3 aromatic rings. The SMILES string of the molecule is C[C@@H](Nc1nc(-c2cccs2)nc2ccccc12)[C@@H]1C[C@H]2CC[C@H]1C2. The molecule has 3 nitrogen and oxygen atoms in total. The summed E-state index contributed by atoms with van der Waals surface area (Å²) in [7, 11) is 0. The zero-order chi connectivity index (χ0) is 16.8. The Morgan fingerprint density at radius 3 is 2.76 bits per heavy atom. The largest absolute Gasteiger partial charge is 0.367 e. The van der Waals surface area contributed by atoms with Crippen molar-refractivity contribution >= 4 is 28.1 Å². The first-order valence-electron chi connectivity index (χ1n) is 9.35. The number of nitrogens with zero attached hydrogens (tertiary/aromatic N) is 2. The molecule has 4 heteroatoms. The Morgan fingerprint density at radius 1 is 1.08 bits per heavy atom. The van der Waals surface area contributed by atoms with Gasteiger partial charge in [-0.2, -0.15) is 0 Å². The van der Waals surface area contributed by atoms with Gasteiger partial charge in [0.2, 0.25) is 0 Å². The lowest BCUT2D eigenvalue weighted by atomic mass is 9.84. The van der Waals surface area contributed by atoms with Crippen LogP contribution >= 0.6 is 11.3 Å². The van der Waals surface area contributed by atoms with Crippen LogP contribution in [-0.2, 0) is 0 Å². The maximum Gasteiger partial charge on any atom is 0.172 e. The summed E-state index contributed by atoms with van der Waals surface area (Å²) in [5.41, 5.74) is 1.02. The number of rotatable bonds is 4. The minimum absolute atomic E-state index is 0.463. The first-order chi connectivity index (χ1) is 12.3. The Bertz CT molecular complexity index is 889. The molecule has 2 fully saturated rings. The van der Waals surface area contributed by atoms with Crippen molar-refractivity contribution in [3.8, 4) is 10.7 Å². The molecule has 25 heavy (non-hydrogen) atoms. The summed E-state index contributed by atoms with van der Waals surface area (Å²) < 4.78 is 0. The zero-order valence-electron chi connectivity index (χ0n) is 14.5. The van der Waals surface area contributed by atoms with Gasteiger partial charge < -0.3 is 5.32 Å². The van der Waals surface area contributed by atoms with Crippen molar-refractivity contribution in [1.82, 2.24) is 9.97 Å². The summed E-state index contributed by atoms with van der Waals surface area (Å²) in [6.45, 7) is 2.34. The minimum atomic E-state index is 0.463. The van der Waals surface area contributed by atoms with Gasteiger partial charge in [-0.3, -0.25) is 0 Å². The van der Waals surface area contributed by atoms with E-state index in [-0.39, 0.29) is 0 Å². The van der Waals surface area contributed by atoms with Gasteiger partial charge in [-0.1, -0.05) is 24.6 Å². The van der Waals surface area contributed by atoms with Crippen LogP contribution in [0, 0.1) is 17.8 Å². The molecule has 0 spiro atoms. The highest BCUT2D eigenvalue weighted by Gasteiger charge is 2.41. The Kier molecular flexibility index (Phi) is 3.74.